The second kappa shape index (κ2) is 9.14. The summed E-state index contributed by atoms with van der Waals surface area (Å²) in [4.78, 5) is 12.0. The van der Waals surface area contributed by atoms with Gasteiger partial charge >= 0.3 is 5.97 Å². The molecule has 2 rings (SSSR count). The van der Waals surface area contributed by atoms with Crippen LogP contribution in [0.2, 0.25) is 0 Å². The van der Waals surface area contributed by atoms with Crippen LogP contribution in [0.4, 0.5) is 0 Å². The van der Waals surface area contributed by atoms with Gasteiger partial charge in [0.1, 0.15) is 12.2 Å². The van der Waals surface area contributed by atoms with Crippen LogP contribution in [0.25, 0.3) is 6.08 Å². The second-order valence-corrected chi connectivity index (χ2v) is 5.18. The Morgan fingerprint density at radius 3 is 2.64 bits per heavy atom. The number of rotatable bonds is 7. The van der Waals surface area contributed by atoms with Crippen molar-refractivity contribution < 1.29 is 19.0 Å². The molecule has 25 heavy (non-hydrogen) atoms. The zero-order chi connectivity index (χ0) is 18.1. The first kappa shape index (κ1) is 18.1. The van der Waals surface area contributed by atoms with Crippen LogP contribution in [-0.4, -0.2) is 19.7 Å². The molecule has 1 unspecified atom stereocenters. The van der Waals surface area contributed by atoms with E-state index in [1.54, 1.807) is 24.3 Å². The number of nitriles is 1. The van der Waals surface area contributed by atoms with E-state index in [-0.39, 0.29) is 12.7 Å². The van der Waals surface area contributed by atoms with Gasteiger partial charge in [0.05, 0.1) is 7.11 Å². The van der Waals surface area contributed by atoms with Crippen molar-refractivity contribution in [2.45, 2.75) is 13.0 Å². The maximum absolute atomic E-state index is 12.0. The van der Waals surface area contributed by atoms with Gasteiger partial charge in [-0.25, -0.2) is 4.79 Å². The van der Waals surface area contributed by atoms with E-state index in [0.717, 1.165) is 11.1 Å². The highest BCUT2D eigenvalue weighted by Gasteiger charge is 2.09. The first-order valence-electron chi connectivity index (χ1n) is 7.75. The van der Waals surface area contributed by atoms with Crippen LogP contribution in [-0.2, 0) is 9.53 Å². The molecule has 0 aliphatic carbocycles. The number of benzene rings is 2. The van der Waals surface area contributed by atoms with Gasteiger partial charge in [-0.1, -0.05) is 36.4 Å². The largest absolute Gasteiger partial charge is 0.493 e. The van der Waals surface area contributed by atoms with E-state index in [1.807, 2.05) is 43.3 Å². The highest BCUT2D eigenvalue weighted by molar-refractivity contribution is 5.87. The lowest BCUT2D eigenvalue weighted by atomic mass is 10.1. The summed E-state index contributed by atoms with van der Waals surface area (Å²) in [6.07, 6.45) is 2.68. The van der Waals surface area contributed by atoms with Crippen LogP contribution in [0, 0.1) is 11.3 Å². The molecule has 0 saturated heterocycles. The Morgan fingerprint density at radius 1 is 1.20 bits per heavy atom. The van der Waals surface area contributed by atoms with Crippen molar-refractivity contribution in [3.8, 4) is 17.6 Å². The molecule has 0 aliphatic rings. The fourth-order valence-electron chi connectivity index (χ4n) is 2.19. The molecule has 0 spiro atoms. The average molecular weight is 337 g/mol. The minimum absolute atomic E-state index is 0.0603. The normalized spacial score (nSPS) is 11.6. The molecule has 1 atom stereocenters. The van der Waals surface area contributed by atoms with E-state index < -0.39 is 5.97 Å². The predicted molar refractivity (Wildman–Crippen MR) is 94.1 cm³/mol. The van der Waals surface area contributed by atoms with Crippen LogP contribution in [0.3, 0.4) is 0 Å². The first-order chi connectivity index (χ1) is 12.1. The third kappa shape index (κ3) is 5.40. The molecule has 5 heteroatoms. The van der Waals surface area contributed by atoms with Crippen molar-refractivity contribution >= 4 is 12.0 Å². The average Bonchev–Trinajstić information content (AvgIpc) is 2.65. The minimum Gasteiger partial charge on any atom is -0.493 e. The lowest BCUT2D eigenvalue weighted by Crippen LogP contribution is -2.05. The number of esters is 1. The minimum atomic E-state index is -0.430. The van der Waals surface area contributed by atoms with E-state index in [9.17, 15) is 4.79 Å². The van der Waals surface area contributed by atoms with E-state index in [1.165, 1.54) is 13.2 Å². The Kier molecular flexibility index (Phi) is 6.61. The summed E-state index contributed by atoms with van der Waals surface area (Å²) >= 11 is 0. The number of carbonyl (C=O) groups is 1. The lowest BCUT2D eigenvalue weighted by Gasteiger charge is -2.12. The van der Waals surface area contributed by atoms with E-state index in [2.05, 4.69) is 0 Å². The van der Waals surface area contributed by atoms with Crippen molar-refractivity contribution in [1.82, 2.24) is 0 Å². The third-order valence-electron chi connectivity index (χ3n) is 3.45. The van der Waals surface area contributed by atoms with Crippen molar-refractivity contribution in [3.05, 3.63) is 65.7 Å². The quantitative estimate of drug-likeness (QED) is 0.566. The predicted octanol–water partition coefficient (Wildman–Crippen LogP) is 3.92. The smallest absolute Gasteiger partial charge is 0.331 e. The summed E-state index contributed by atoms with van der Waals surface area (Å²) in [5.41, 5.74) is 1.69. The Labute approximate surface area is 147 Å². The van der Waals surface area contributed by atoms with Crippen LogP contribution >= 0.6 is 0 Å². The maximum Gasteiger partial charge on any atom is 0.331 e. The summed E-state index contributed by atoms with van der Waals surface area (Å²) < 4.78 is 15.9. The van der Waals surface area contributed by atoms with Crippen molar-refractivity contribution in [1.29, 1.82) is 5.26 Å². The zero-order valence-corrected chi connectivity index (χ0v) is 14.1. The van der Waals surface area contributed by atoms with Crippen LogP contribution in [0.5, 0.6) is 11.5 Å². The SMILES string of the molecule is COc1cc(C=CC(=O)OC(C)c2ccccc2)ccc1OCC#N. The third-order valence-corrected chi connectivity index (χ3v) is 3.45. The molecule has 2 aromatic rings. The molecule has 0 fully saturated rings. The molecule has 0 saturated carbocycles. The molecular formula is C20H19NO4. The van der Waals surface area contributed by atoms with Crippen molar-refractivity contribution in [2.24, 2.45) is 0 Å². The molecule has 5 nitrogen and oxygen atoms in total. The van der Waals surface area contributed by atoms with Gasteiger partial charge in [-0.15, -0.1) is 0 Å². The summed E-state index contributed by atoms with van der Waals surface area (Å²) in [5, 5.41) is 8.57. The first-order valence-corrected chi connectivity index (χ1v) is 7.75. The van der Waals surface area contributed by atoms with Gasteiger partial charge in [0.15, 0.2) is 18.1 Å². The molecular weight excluding hydrogens is 318 g/mol. The Bertz CT molecular complexity index is 778. The highest BCUT2D eigenvalue weighted by atomic mass is 16.5. The number of hydrogen-bond donors (Lipinski definition) is 0. The summed E-state index contributed by atoms with van der Waals surface area (Å²) in [6, 6.07) is 16.6. The number of methoxy groups -OCH3 is 1. The lowest BCUT2D eigenvalue weighted by molar-refractivity contribution is -0.142. The summed E-state index contributed by atoms with van der Waals surface area (Å²) in [7, 11) is 1.51. The fourth-order valence-corrected chi connectivity index (χ4v) is 2.19. The van der Waals surface area contributed by atoms with Gasteiger partial charge in [-0.3, -0.25) is 0 Å². The second-order valence-electron chi connectivity index (χ2n) is 5.18. The van der Waals surface area contributed by atoms with Gasteiger partial charge in [0.2, 0.25) is 0 Å². The maximum atomic E-state index is 12.0. The molecule has 0 aliphatic heterocycles. The zero-order valence-electron chi connectivity index (χ0n) is 14.1. The topological polar surface area (TPSA) is 68.6 Å². The monoisotopic (exact) mass is 337 g/mol. The molecule has 0 amide bonds. The number of ether oxygens (including phenoxy) is 3. The van der Waals surface area contributed by atoms with Crippen LogP contribution < -0.4 is 9.47 Å². The van der Waals surface area contributed by atoms with E-state index >= 15 is 0 Å². The van der Waals surface area contributed by atoms with Crippen molar-refractivity contribution in [2.75, 3.05) is 13.7 Å². The van der Waals surface area contributed by atoms with Crippen LogP contribution in [0.1, 0.15) is 24.2 Å². The van der Waals surface area contributed by atoms with Gasteiger partial charge in [0, 0.05) is 6.08 Å². The molecule has 0 bridgehead atoms. The highest BCUT2D eigenvalue weighted by Crippen LogP contribution is 2.28. The Hall–Kier alpha value is -3.26. The molecule has 128 valence electrons. The van der Waals surface area contributed by atoms with Gasteiger partial charge in [-0.2, -0.15) is 5.26 Å². The Morgan fingerprint density at radius 2 is 1.96 bits per heavy atom. The van der Waals surface area contributed by atoms with E-state index in [0.29, 0.717) is 11.5 Å². The summed E-state index contributed by atoms with van der Waals surface area (Å²) in [5.74, 6) is 0.532. The molecule has 0 aromatic heterocycles. The molecule has 0 radical (unpaired) electrons. The summed E-state index contributed by atoms with van der Waals surface area (Å²) in [6.45, 7) is 1.76. The fraction of sp³-hybridized carbons (Fsp3) is 0.200. The van der Waals surface area contributed by atoms with Gasteiger partial charge in [0.25, 0.3) is 0 Å². The molecule has 0 heterocycles. The molecule has 2 aromatic carbocycles. The number of hydrogen-bond acceptors (Lipinski definition) is 5. The Balaban J connectivity index is 2.01. The standard InChI is InChI=1S/C20H19NO4/c1-15(17-6-4-3-5-7-17)25-20(22)11-9-16-8-10-18(24-13-12-21)19(14-16)23-2/h3-11,14-15H,13H2,1-2H3. The molecule has 0 N–H and O–H groups in total. The van der Waals surface area contributed by atoms with Crippen molar-refractivity contribution in [3.63, 3.8) is 0 Å². The van der Waals surface area contributed by atoms with Crippen LogP contribution in [0.15, 0.2) is 54.6 Å². The van der Waals surface area contributed by atoms with Gasteiger partial charge < -0.3 is 14.2 Å². The number of nitrogens with zero attached hydrogens (tertiary/aromatic N) is 1. The number of carbonyl (C=O) groups excluding carboxylic acids is 1. The van der Waals surface area contributed by atoms with E-state index in [4.69, 9.17) is 19.5 Å². The van der Waals surface area contributed by atoms with Gasteiger partial charge in [-0.05, 0) is 36.3 Å².